The van der Waals surface area contributed by atoms with Crippen molar-refractivity contribution in [3.05, 3.63) is 41.5 Å². The molecule has 0 atom stereocenters. The molecule has 0 saturated carbocycles. The average molecular weight is 328 g/mol. The molecule has 23 heavy (non-hydrogen) atoms. The molecule has 0 unspecified atom stereocenters. The summed E-state index contributed by atoms with van der Waals surface area (Å²) in [4.78, 5) is 22.1. The molecule has 0 bridgehead atoms. The van der Waals surface area contributed by atoms with Gasteiger partial charge in [-0.05, 0) is 44.2 Å². The van der Waals surface area contributed by atoms with E-state index in [9.17, 15) is 4.79 Å². The monoisotopic (exact) mass is 328 g/mol. The first kappa shape index (κ1) is 15.2. The van der Waals surface area contributed by atoms with E-state index in [2.05, 4.69) is 26.7 Å². The van der Waals surface area contributed by atoms with Gasteiger partial charge in [0.05, 0.1) is 12.0 Å². The molecule has 0 aliphatic heterocycles. The molecule has 7 heteroatoms. The van der Waals surface area contributed by atoms with Crippen LogP contribution >= 0.6 is 11.3 Å². The van der Waals surface area contributed by atoms with Gasteiger partial charge >= 0.3 is 6.09 Å². The van der Waals surface area contributed by atoms with Crippen molar-refractivity contribution in [3.8, 4) is 0 Å². The van der Waals surface area contributed by atoms with Gasteiger partial charge in [0.25, 0.3) is 0 Å². The largest absolute Gasteiger partial charge is 0.450 e. The second kappa shape index (κ2) is 6.62. The van der Waals surface area contributed by atoms with Crippen LogP contribution in [-0.2, 0) is 4.74 Å². The average Bonchev–Trinajstić information content (AvgIpc) is 2.91. The Bertz CT molecular complexity index is 830. The van der Waals surface area contributed by atoms with Crippen LogP contribution in [0.1, 0.15) is 11.8 Å². The topological polar surface area (TPSA) is 76.1 Å². The first-order valence-corrected chi connectivity index (χ1v) is 7.99. The summed E-state index contributed by atoms with van der Waals surface area (Å²) >= 11 is 1.64. The highest BCUT2D eigenvalue weighted by Gasteiger charge is 2.07. The molecule has 0 aliphatic carbocycles. The number of carbonyl (C=O) groups excluding carboxylic acids is 1. The minimum atomic E-state index is -0.459. The van der Waals surface area contributed by atoms with Crippen molar-refractivity contribution in [1.82, 2.24) is 9.97 Å². The number of hydrogen-bond donors (Lipinski definition) is 2. The van der Waals surface area contributed by atoms with Gasteiger partial charge in [0.1, 0.15) is 17.0 Å². The lowest BCUT2D eigenvalue weighted by Gasteiger charge is -2.08. The third-order valence-electron chi connectivity index (χ3n) is 3.12. The van der Waals surface area contributed by atoms with E-state index in [1.807, 2.05) is 19.1 Å². The number of thiophene rings is 1. The maximum atomic E-state index is 11.4. The van der Waals surface area contributed by atoms with Crippen LogP contribution in [0.3, 0.4) is 0 Å². The minimum Gasteiger partial charge on any atom is -0.450 e. The third kappa shape index (κ3) is 3.57. The number of ether oxygens (including phenoxy) is 1. The molecule has 2 N–H and O–H groups in total. The maximum Gasteiger partial charge on any atom is 0.411 e. The van der Waals surface area contributed by atoms with Crippen LogP contribution in [0.15, 0.2) is 36.7 Å². The van der Waals surface area contributed by atoms with Crippen LogP contribution in [0.5, 0.6) is 0 Å². The quantitative estimate of drug-likeness (QED) is 0.746. The molecular formula is C16H16N4O2S. The standard InChI is InChI=1S/C16H16N4O2S/c1-3-22-16(21)20-12-6-4-11(5-7-12)19-14-13-8-10(2)23-15(13)18-9-17-14/h4-9H,3H2,1-2H3,(H,20,21)(H,17,18,19). The van der Waals surface area contributed by atoms with Crippen LogP contribution < -0.4 is 10.6 Å². The lowest BCUT2D eigenvalue weighted by Crippen LogP contribution is -2.13. The number of aromatic nitrogens is 2. The van der Waals surface area contributed by atoms with Crippen molar-refractivity contribution in [2.75, 3.05) is 17.2 Å². The number of aryl methyl sites for hydroxylation is 1. The first-order valence-electron chi connectivity index (χ1n) is 7.17. The molecule has 6 nitrogen and oxygen atoms in total. The molecule has 3 rings (SSSR count). The normalized spacial score (nSPS) is 10.5. The zero-order chi connectivity index (χ0) is 16.2. The van der Waals surface area contributed by atoms with Crippen LogP contribution in [0.25, 0.3) is 10.2 Å². The van der Waals surface area contributed by atoms with E-state index in [-0.39, 0.29) is 0 Å². The highest BCUT2D eigenvalue weighted by atomic mass is 32.1. The zero-order valence-corrected chi connectivity index (χ0v) is 13.6. The number of amides is 1. The summed E-state index contributed by atoms with van der Waals surface area (Å²) in [5.41, 5.74) is 1.55. The van der Waals surface area contributed by atoms with E-state index in [4.69, 9.17) is 4.74 Å². The van der Waals surface area contributed by atoms with Gasteiger partial charge in [-0.2, -0.15) is 0 Å². The van der Waals surface area contributed by atoms with Crippen LogP contribution in [0.4, 0.5) is 22.0 Å². The predicted molar refractivity (Wildman–Crippen MR) is 92.5 cm³/mol. The van der Waals surface area contributed by atoms with Gasteiger partial charge in [-0.15, -0.1) is 11.3 Å². The van der Waals surface area contributed by atoms with Crippen LogP contribution in [0.2, 0.25) is 0 Å². The van der Waals surface area contributed by atoms with Gasteiger partial charge < -0.3 is 10.1 Å². The Labute approximate surface area is 137 Å². The Morgan fingerprint density at radius 1 is 1.22 bits per heavy atom. The number of fused-ring (bicyclic) bond motifs is 1. The summed E-state index contributed by atoms with van der Waals surface area (Å²) in [6.45, 7) is 4.16. The number of benzene rings is 1. The van der Waals surface area contributed by atoms with Crippen LogP contribution in [0, 0.1) is 6.92 Å². The van der Waals surface area contributed by atoms with Crippen molar-refractivity contribution < 1.29 is 9.53 Å². The second-order valence-corrected chi connectivity index (χ2v) is 6.08. The SMILES string of the molecule is CCOC(=O)Nc1ccc(Nc2ncnc3sc(C)cc23)cc1. The van der Waals surface area contributed by atoms with E-state index in [1.54, 1.807) is 36.7 Å². The molecule has 118 valence electrons. The number of rotatable bonds is 4. The number of carbonyl (C=O) groups is 1. The van der Waals surface area contributed by atoms with Crippen LogP contribution in [-0.4, -0.2) is 22.7 Å². The molecule has 0 radical (unpaired) electrons. The fourth-order valence-corrected chi connectivity index (χ4v) is 2.98. The van der Waals surface area contributed by atoms with Gasteiger partial charge in [-0.25, -0.2) is 14.8 Å². The summed E-state index contributed by atoms with van der Waals surface area (Å²) in [7, 11) is 0. The Morgan fingerprint density at radius 2 is 1.96 bits per heavy atom. The second-order valence-electron chi connectivity index (χ2n) is 4.85. The molecule has 0 saturated heterocycles. The van der Waals surface area contributed by atoms with Gasteiger partial charge in [-0.1, -0.05) is 0 Å². The molecular weight excluding hydrogens is 312 g/mol. The van der Waals surface area contributed by atoms with Gasteiger partial charge in [0.15, 0.2) is 0 Å². The molecule has 2 aromatic heterocycles. The van der Waals surface area contributed by atoms with E-state index in [0.717, 1.165) is 21.7 Å². The van der Waals surface area contributed by atoms with Gasteiger partial charge in [-0.3, -0.25) is 5.32 Å². The Hall–Kier alpha value is -2.67. The predicted octanol–water partition coefficient (Wildman–Crippen LogP) is 4.31. The summed E-state index contributed by atoms with van der Waals surface area (Å²) in [5.74, 6) is 0.769. The molecule has 2 heterocycles. The lowest BCUT2D eigenvalue weighted by atomic mass is 10.2. The number of hydrogen-bond acceptors (Lipinski definition) is 6. The van der Waals surface area contributed by atoms with E-state index in [1.165, 1.54) is 4.88 Å². The summed E-state index contributed by atoms with van der Waals surface area (Å²) in [5, 5.41) is 6.93. The lowest BCUT2D eigenvalue weighted by molar-refractivity contribution is 0.168. The highest BCUT2D eigenvalue weighted by molar-refractivity contribution is 7.18. The number of anilines is 3. The smallest absolute Gasteiger partial charge is 0.411 e. The molecule has 0 aliphatic rings. The third-order valence-corrected chi connectivity index (χ3v) is 4.08. The van der Waals surface area contributed by atoms with Crippen molar-refractivity contribution in [2.45, 2.75) is 13.8 Å². The molecule has 0 fully saturated rings. The number of nitrogens with zero attached hydrogens (tertiary/aromatic N) is 2. The van der Waals surface area contributed by atoms with Gasteiger partial charge in [0, 0.05) is 16.3 Å². The summed E-state index contributed by atoms with van der Waals surface area (Å²) in [6, 6.07) is 9.41. The van der Waals surface area contributed by atoms with E-state index in [0.29, 0.717) is 12.3 Å². The fraction of sp³-hybridized carbons (Fsp3) is 0.188. The van der Waals surface area contributed by atoms with E-state index < -0.39 is 6.09 Å². The Balaban J connectivity index is 1.76. The molecule has 1 aromatic carbocycles. The molecule has 0 spiro atoms. The highest BCUT2D eigenvalue weighted by Crippen LogP contribution is 2.29. The number of nitrogens with one attached hydrogen (secondary N) is 2. The molecule has 3 aromatic rings. The summed E-state index contributed by atoms with van der Waals surface area (Å²) < 4.78 is 4.84. The van der Waals surface area contributed by atoms with E-state index >= 15 is 0 Å². The maximum absolute atomic E-state index is 11.4. The molecule has 1 amide bonds. The van der Waals surface area contributed by atoms with Crippen molar-refractivity contribution in [2.24, 2.45) is 0 Å². The van der Waals surface area contributed by atoms with Crippen molar-refractivity contribution >= 4 is 44.8 Å². The van der Waals surface area contributed by atoms with Crippen molar-refractivity contribution in [3.63, 3.8) is 0 Å². The van der Waals surface area contributed by atoms with Crippen molar-refractivity contribution in [1.29, 1.82) is 0 Å². The fourth-order valence-electron chi connectivity index (χ4n) is 2.13. The minimum absolute atomic E-state index is 0.343. The van der Waals surface area contributed by atoms with Gasteiger partial charge in [0.2, 0.25) is 0 Å². The Morgan fingerprint density at radius 3 is 2.70 bits per heavy atom. The summed E-state index contributed by atoms with van der Waals surface area (Å²) in [6.07, 6.45) is 1.09. The first-order chi connectivity index (χ1) is 11.2. The Kier molecular flexibility index (Phi) is 4.38. The zero-order valence-electron chi connectivity index (χ0n) is 12.8.